The number of Topliss-reactive ketones (excluding diaryl/α,β-unsaturated/α-hetero) is 2. The molecule has 0 aromatic carbocycles. The van der Waals surface area contributed by atoms with Crippen molar-refractivity contribution in [2.75, 3.05) is 24.7 Å². The van der Waals surface area contributed by atoms with Crippen molar-refractivity contribution >= 4 is 92.1 Å². The van der Waals surface area contributed by atoms with Crippen LogP contribution in [0.3, 0.4) is 0 Å². The van der Waals surface area contributed by atoms with E-state index in [0.29, 0.717) is 62.4 Å². The second kappa shape index (κ2) is 24.6. The minimum absolute atomic E-state index is 0.0373. The number of carboxylic acid groups (broad SMARTS) is 2. The first-order chi connectivity index (χ1) is 32.5. The van der Waals surface area contributed by atoms with Gasteiger partial charge in [-0.25, -0.2) is 0 Å². The van der Waals surface area contributed by atoms with Gasteiger partial charge in [0.15, 0.2) is 11.6 Å². The Balaban J connectivity index is 0.000000256. The maximum absolute atomic E-state index is 12.8. The minimum Gasteiger partial charge on any atom is -0.481 e. The van der Waals surface area contributed by atoms with Gasteiger partial charge in [0.05, 0.1) is 55.3 Å². The number of anilines is 2. The number of carboxylic acids is 2. The van der Waals surface area contributed by atoms with Crippen LogP contribution in [-0.2, 0) is 41.5 Å². The van der Waals surface area contributed by atoms with E-state index in [9.17, 15) is 43.5 Å². The zero-order valence-corrected chi connectivity index (χ0v) is 38.6. The number of carbonyl (C=O) groups is 6. The number of ketones is 2. The van der Waals surface area contributed by atoms with Crippen molar-refractivity contribution < 1.29 is 48.5 Å². The molecule has 6 heterocycles. The number of hydrogen-bond acceptors (Lipinski definition) is 16. The van der Waals surface area contributed by atoms with Crippen molar-refractivity contribution in [2.24, 2.45) is 11.8 Å². The smallest absolute Gasteiger partial charge is 0.309 e. The molecular formula is C46H48N8O12S2. The van der Waals surface area contributed by atoms with Crippen molar-refractivity contribution in [1.82, 2.24) is 29.9 Å². The first-order valence-electron chi connectivity index (χ1n) is 21.3. The molecule has 0 fully saturated rings. The molecule has 22 heteroatoms. The van der Waals surface area contributed by atoms with Crippen molar-refractivity contribution in [2.45, 2.75) is 78.1 Å². The zero-order chi connectivity index (χ0) is 49.3. The van der Waals surface area contributed by atoms with Gasteiger partial charge in [-0.1, -0.05) is 23.7 Å². The number of aromatic amines is 4. The second-order valence-electron chi connectivity index (χ2n) is 15.0. The number of rotatable bonds is 20. The van der Waals surface area contributed by atoms with Crippen molar-refractivity contribution in [3.05, 3.63) is 88.0 Å². The first kappa shape index (κ1) is 51.2. The molecule has 0 aliphatic heterocycles. The highest BCUT2D eigenvalue weighted by Gasteiger charge is 2.26. The molecule has 0 unspecified atom stereocenters. The van der Waals surface area contributed by atoms with Gasteiger partial charge in [-0.3, -0.25) is 48.3 Å². The molecule has 0 radical (unpaired) electrons. The maximum atomic E-state index is 12.8. The molecule has 6 rings (SSSR count). The third-order valence-electron chi connectivity index (χ3n) is 9.91. The van der Waals surface area contributed by atoms with E-state index in [-0.39, 0.29) is 86.3 Å². The van der Waals surface area contributed by atoms with Gasteiger partial charge in [-0.15, -0.1) is 22.7 Å². The highest BCUT2D eigenvalue weighted by molar-refractivity contribution is 7.14. The van der Waals surface area contributed by atoms with Crippen LogP contribution in [0, 0.1) is 35.5 Å². The molecule has 0 spiro atoms. The van der Waals surface area contributed by atoms with Crippen molar-refractivity contribution in [3.63, 3.8) is 0 Å². The number of H-pyrrole nitrogens is 4. The zero-order valence-electron chi connectivity index (χ0n) is 36.9. The third kappa shape index (κ3) is 15.1. The number of aromatic nitrogens is 6. The predicted molar refractivity (Wildman–Crippen MR) is 253 cm³/mol. The quantitative estimate of drug-likeness (QED) is 0.0284. The second-order valence-corrected chi connectivity index (χ2v) is 17.1. The number of nitrogen functional groups attached to an aromatic ring is 2. The summed E-state index contributed by atoms with van der Waals surface area (Å²) in [5.41, 5.74) is 12.9. The van der Waals surface area contributed by atoms with E-state index in [1.165, 1.54) is 11.3 Å². The standard InChI is InChI=1S/C25H28N4O6S.C21H20N4O6S/c1-3-34-21(31)12-9-15(24(33)35-4-2)13-19(30)20-11-10-17(36-20)8-6-5-7-16-14-18-22(27-16)28-25(26)29-23(18)32;22-21-24-18-14(19(29)25-21)10-12(23-18)3-1-2-4-13-6-7-16(32-13)15(26)9-11(20(30)31)5-8-17(27)28/h10-11,14-15H,3-5,7,9,12-13H2,1-2H3,(H4,26,27,28,29,32);6-7,10-11H,1,3,5,8-9H2,(H,27,28)(H,30,31)(H4,22,23,24,25,29)/t15-;11-/m11/s1. The van der Waals surface area contributed by atoms with Gasteiger partial charge in [0.1, 0.15) is 11.3 Å². The summed E-state index contributed by atoms with van der Waals surface area (Å²) in [5, 5.41) is 18.8. The molecule has 0 aliphatic carbocycles. The SMILES string of the molecule is CCOC(=O)CC[C@H](CC(=O)c1ccc(C#CCCc2cc3c(=O)[nH]c(N)nc3[nH]2)s1)C(=O)OCC.Nc1nc2[nH]c(CCC#Cc3ccc(C(=O)C[C@@H](CCC(=O)O)C(=O)O)s3)cc2c(=O)[nH]1. The van der Waals surface area contributed by atoms with Crippen LogP contribution in [-0.4, -0.2) is 88.8 Å². The Hall–Kier alpha value is -7.82. The number of thiophene rings is 2. The van der Waals surface area contributed by atoms with Crippen LogP contribution >= 0.6 is 22.7 Å². The first-order valence-corrected chi connectivity index (χ1v) is 22.9. The number of nitrogens with two attached hydrogens (primary N) is 2. The molecule has 0 amide bonds. The van der Waals surface area contributed by atoms with E-state index in [4.69, 9.17) is 26.0 Å². The number of nitrogens with zero attached hydrogens (tertiary/aromatic N) is 2. The number of aliphatic carboxylic acids is 2. The minimum atomic E-state index is -1.19. The monoisotopic (exact) mass is 968 g/mol. The van der Waals surface area contributed by atoms with E-state index >= 15 is 0 Å². The van der Waals surface area contributed by atoms with Gasteiger partial charge < -0.3 is 41.1 Å². The van der Waals surface area contributed by atoms with Gasteiger partial charge in [-0.05, 0) is 75.9 Å². The fraction of sp³-hybridized carbons (Fsp3) is 0.348. The summed E-state index contributed by atoms with van der Waals surface area (Å²) >= 11 is 2.41. The fourth-order valence-electron chi connectivity index (χ4n) is 6.60. The van der Waals surface area contributed by atoms with Gasteiger partial charge in [-0.2, -0.15) is 9.97 Å². The number of esters is 2. The molecule has 0 bridgehead atoms. The Kier molecular flexibility index (Phi) is 18.5. The molecule has 356 valence electrons. The topological polar surface area (TPSA) is 336 Å². The van der Waals surface area contributed by atoms with Crippen LogP contribution in [0.2, 0.25) is 0 Å². The Morgan fingerprint density at radius 1 is 0.676 bits per heavy atom. The number of ether oxygens (including phenoxy) is 2. The molecule has 0 saturated carbocycles. The average molecular weight is 969 g/mol. The van der Waals surface area contributed by atoms with E-state index in [0.717, 1.165) is 27.6 Å². The lowest BCUT2D eigenvalue weighted by Crippen LogP contribution is -2.22. The number of fused-ring (bicyclic) bond motifs is 2. The molecule has 20 nitrogen and oxygen atoms in total. The number of hydrogen-bond donors (Lipinski definition) is 8. The van der Waals surface area contributed by atoms with Crippen LogP contribution in [0.15, 0.2) is 46.0 Å². The Morgan fingerprint density at radius 2 is 1.15 bits per heavy atom. The maximum Gasteiger partial charge on any atom is 0.309 e. The molecule has 10 N–H and O–H groups in total. The Morgan fingerprint density at radius 3 is 1.60 bits per heavy atom. The third-order valence-corrected chi connectivity index (χ3v) is 12.0. The summed E-state index contributed by atoms with van der Waals surface area (Å²) in [6, 6.07) is 10.2. The number of nitrogens with one attached hydrogen (secondary N) is 4. The van der Waals surface area contributed by atoms with Crippen LogP contribution < -0.4 is 22.6 Å². The van der Waals surface area contributed by atoms with Crippen molar-refractivity contribution in [1.29, 1.82) is 0 Å². The van der Waals surface area contributed by atoms with Gasteiger partial charge in [0.2, 0.25) is 11.9 Å². The normalized spacial score (nSPS) is 11.6. The highest BCUT2D eigenvalue weighted by atomic mass is 32.1. The van der Waals surface area contributed by atoms with Crippen LogP contribution in [0.25, 0.3) is 22.1 Å². The lowest BCUT2D eigenvalue weighted by molar-refractivity contribution is -0.149. The van der Waals surface area contributed by atoms with Gasteiger partial charge in [0.25, 0.3) is 11.1 Å². The summed E-state index contributed by atoms with van der Waals surface area (Å²) in [6.45, 7) is 3.85. The number of aryl methyl sites for hydroxylation is 2. The largest absolute Gasteiger partial charge is 0.481 e. The lowest BCUT2D eigenvalue weighted by atomic mass is 9.96. The molecule has 6 aromatic rings. The Labute approximate surface area is 395 Å². The summed E-state index contributed by atoms with van der Waals surface area (Å²) < 4.78 is 9.99. The molecule has 68 heavy (non-hydrogen) atoms. The lowest BCUT2D eigenvalue weighted by Gasteiger charge is -2.14. The summed E-state index contributed by atoms with van der Waals surface area (Å²) in [4.78, 5) is 116. The Bertz CT molecular complexity index is 3060. The van der Waals surface area contributed by atoms with E-state index in [2.05, 4.69) is 53.6 Å². The summed E-state index contributed by atoms with van der Waals surface area (Å²) in [7, 11) is 0. The van der Waals surface area contributed by atoms with Crippen molar-refractivity contribution in [3.8, 4) is 23.7 Å². The molecule has 2 atom stereocenters. The molecule has 6 aromatic heterocycles. The summed E-state index contributed by atoms with van der Waals surface area (Å²) in [6.07, 6.45) is 1.68. The van der Waals surface area contributed by atoms with Crippen LogP contribution in [0.4, 0.5) is 11.9 Å². The van der Waals surface area contributed by atoms with E-state index < -0.39 is 35.7 Å². The predicted octanol–water partition coefficient (Wildman–Crippen LogP) is 4.99. The molecular weight excluding hydrogens is 921 g/mol. The number of carbonyl (C=O) groups excluding carboxylic acids is 4. The van der Waals surface area contributed by atoms with Gasteiger partial charge in [0, 0.05) is 49.9 Å². The molecule has 0 aliphatic rings. The molecule has 0 saturated heterocycles. The fourth-order valence-corrected chi connectivity index (χ4v) is 8.26. The summed E-state index contributed by atoms with van der Waals surface area (Å²) in [5.74, 6) is 6.66. The highest BCUT2D eigenvalue weighted by Crippen LogP contribution is 2.24. The van der Waals surface area contributed by atoms with Gasteiger partial charge >= 0.3 is 23.9 Å². The van der Waals surface area contributed by atoms with E-state index in [1.54, 1.807) is 50.2 Å². The average Bonchev–Trinajstić information content (AvgIpc) is 4.11. The van der Waals surface area contributed by atoms with Crippen LogP contribution in [0.5, 0.6) is 0 Å². The van der Waals surface area contributed by atoms with Crippen LogP contribution in [0.1, 0.15) is 106 Å². The van der Waals surface area contributed by atoms with E-state index in [1.807, 2.05) is 0 Å².